The number of carbonyl (C=O) groups is 1. The van der Waals surface area contributed by atoms with Crippen LogP contribution in [0.1, 0.15) is 17.4 Å². The van der Waals surface area contributed by atoms with Crippen LogP contribution in [0.3, 0.4) is 0 Å². The highest BCUT2D eigenvalue weighted by Crippen LogP contribution is 2.17. The fourth-order valence-corrected chi connectivity index (χ4v) is 1.82. The Bertz CT molecular complexity index is 606. The predicted octanol–water partition coefficient (Wildman–Crippen LogP) is 2.94. The van der Waals surface area contributed by atoms with Crippen LogP contribution in [0.2, 0.25) is 5.15 Å². The molecule has 0 atom stereocenters. The average Bonchev–Trinajstić information content (AvgIpc) is 2.39. The summed E-state index contributed by atoms with van der Waals surface area (Å²) in [6, 6.07) is 5.81. The van der Waals surface area contributed by atoms with Gasteiger partial charge in [0.2, 0.25) is 0 Å². The number of rotatable bonds is 3. The average molecular weight is 280 g/mol. The van der Waals surface area contributed by atoms with E-state index in [4.69, 9.17) is 11.6 Å². The number of hydrogen-bond acceptors (Lipinski definition) is 3. The zero-order valence-corrected chi connectivity index (χ0v) is 10.9. The normalized spacial score (nSPS) is 10.3. The van der Waals surface area contributed by atoms with Gasteiger partial charge >= 0.3 is 0 Å². The summed E-state index contributed by atoms with van der Waals surface area (Å²) in [5, 5.41) is 0.140. The molecule has 2 aromatic rings. The van der Waals surface area contributed by atoms with Gasteiger partial charge in [0.05, 0.1) is 12.4 Å². The third-order valence-electron chi connectivity index (χ3n) is 2.51. The Labute approximate surface area is 114 Å². The molecule has 98 valence electrons. The summed E-state index contributed by atoms with van der Waals surface area (Å²) in [7, 11) is 0. The minimum atomic E-state index is -0.402. The van der Waals surface area contributed by atoms with Crippen LogP contribution in [0.5, 0.6) is 0 Å². The molecule has 0 aliphatic rings. The number of benzene rings is 1. The molecule has 0 fully saturated rings. The molecule has 0 unspecified atom stereocenters. The van der Waals surface area contributed by atoms with E-state index in [1.165, 1.54) is 29.4 Å². The zero-order valence-electron chi connectivity index (χ0n) is 10.2. The van der Waals surface area contributed by atoms with E-state index < -0.39 is 5.82 Å². The van der Waals surface area contributed by atoms with Crippen LogP contribution in [-0.2, 0) is 0 Å². The molecule has 0 saturated carbocycles. The number of carbonyl (C=O) groups excluding carboxylic acids is 1. The largest absolute Gasteiger partial charge is 0.307 e. The fourth-order valence-electron chi connectivity index (χ4n) is 1.67. The lowest BCUT2D eigenvalue weighted by molar-refractivity contribution is 0.0983. The Hall–Kier alpha value is -2.01. The van der Waals surface area contributed by atoms with Crippen LogP contribution < -0.4 is 4.90 Å². The molecule has 2 rings (SSSR count). The SMILES string of the molecule is CCN(C(=O)c1cncc(Cl)n1)c1cccc(F)c1. The van der Waals surface area contributed by atoms with Crippen molar-refractivity contribution in [1.29, 1.82) is 0 Å². The Morgan fingerprint density at radius 2 is 2.21 bits per heavy atom. The van der Waals surface area contributed by atoms with Gasteiger partial charge in [0, 0.05) is 12.2 Å². The highest BCUT2D eigenvalue weighted by atomic mass is 35.5. The first-order chi connectivity index (χ1) is 9.11. The van der Waals surface area contributed by atoms with Crippen LogP contribution in [0, 0.1) is 5.82 Å². The second kappa shape index (κ2) is 5.75. The Morgan fingerprint density at radius 1 is 1.42 bits per heavy atom. The van der Waals surface area contributed by atoms with Gasteiger partial charge < -0.3 is 4.90 Å². The van der Waals surface area contributed by atoms with E-state index in [9.17, 15) is 9.18 Å². The van der Waals surface area contributed by atoms with Gasteiger partial charge in [-0.15, -0.1) is 0 Å². The molecule has 0 aliphatic carbocycles. The van der Waals surface area contributed by atoms with Gasteiger partial charge in [-0.25, -0.2) is 9.37 Å². The van der Waals surface area contributed by atoms with E-state index in [-0.39, 0.29) is 16.8 Å². The van der Waals surface area contributed by atoms with Gasteiger partial charge in [0.25, 0.3) is 5.91 Å². The molecular formula is C13H11ClFN3O. The number of hydrogen-bond donors (Lipinski definition) is 0. The summed E-state index contributed by atoms with van der Waals surface area (Å²) in [6.07, 6.45) is 2.67. The van der Waals surface area contributed by atoms with Gasteiger partial charge in [-0.1, -0.05) is 17.7 Å². The molecule has 0 N–H and O–H groups in total. The predicted molar refractivity (Wildman–Crippen MR) is 70.8 cm³/mol. The standard InChI is InChI=1S/C13H11ClFN3O/c1-2-18(10-5-3-4-9(15)6-10)13(19)11-7-16-8-12(14)17-11/h3-8H,2H2,1H3. The molecule has 1 aromatic carbocycles. The highest BCUT2D eigenvalue weighted by Gasteiger charge is 2.18. The van der Waals surface area contributed by atoms with Gasteiger partial charge in [-0.3, -0.25) is 9.78 Å². The number of aromatic nitrogens is 2. The molecule has 1 amide bonds. The van der Waals surface area contributed by atoms with Crippen LogP contribution in [0.25, 0.3) is 0 Å². The zero-order chi connectivity index (χ0) is 13.8. The van der Waals surface area contributed by atoms with Crippen molar-refractivity contribution in [3.63, 3.8) is 0 Å². The quantitative estimate of drug-likeness (QED) is 0.868. The Balaban J connectivity index is 2.34. The first-order valence-electron chi connectivity index (χ1n) is 5.66. The van der Waals surface area contributed by atoms with Gasteiger partial charge in [0.1, 0.15) is 16.7 Å². The van der Waals surface area contributed by atoms with Crippen molar-refractivity contribution in [1.82, 2.24) is 9.97 Å². The van der Waals surface area contributed by atoms with E-state index >= 15 is 0 Å². The molecule has 1 aromatic heterocycles. The lowest BCUT2D eigenvalue weighted by Gasteiger charge is -2.20. The monoisotopic (exact) mass is 279 g/mol. The second-order valence-electron chi connectivity index (χ2n) is 3.76. The summed E-state index contributed by atoms with van der Waals surface area (Å²) < 4.78 is 13.2. The summed E-state index contributed by atoms with van der Waals surface area (Å²) in [6.45, 7) is 2.18. The van der Waals surface area contributed by atoms with Crippen molar-refractivity contribution in [3.8, 4) is 0 Å². The van der Waals surface area contributed by atoms with E-state index in [0.29, 0.717) is 12.2 Å². The second-order valence-corrected chi connectivity index (χ2v) is 4.14. The van der Waals surface area contributed by atoms with Crippen LogP contribution >= 0.6 is 11.6 Å². The summed E-state index contributed by atoms with van der Waals surface area (Å²) in [5.41, 5.74) is 0.591. The molecule has 19 heavy (non-hydrogen) atoms. The summed E-state index contributed by atoms with van der Waals surface area (Å²) in [4.78, 5) is 21.4. The highest BCUT2D eigenvalue weighted by molar-refractivity contribution is 6.29. The van der Waals surface area contributed by atoms with E-state index in [1.54, 1.807) is 19.1 Å². The number of amides is 1. The first-order valence-corrected chi connectivity index (χ1v) is 6.04. The van der Waals surface area contributed by atoms with Crippen LogP contribution in [0.15, 0.2) is 36.7 Å². The van der Waals surface area contributed by atoms with Crippen molar-refractivity contribution in [2.24, 2.45) is 0 Å². The van der Waals surface area contributed by atoms with Crippen molar-refractivity contribution in [3.05, 3.63) is 53.3 Å². The van der Waals surface area contributed by atoms with Crippen LogP contribution in [0.4, 0.5) is 10.1 Å². The molecule has 0 saturated heterocycles. The van der Waals surface area contributed by atoms with Crippen molar-refractivity contribution < 1.29 is 9.18 Å². The number of anilines is 1. The molecule has 4 nitrogen and oxygen atoms in total. The third-order valence-corrected chi connectivity index (χ3v) is 2.69. The molecule has 6 heteroatoms. The van der Waals surface area contributed by atoms with Gasteiger partial charge in [-0.05, 0) is 25.1 Å². The number of halogens is 2. The van der Waals surface area contributed by atoms with Crippen molar-refractivity contribution in [2.45, 2.75) is 6.92 Å². The van der Waals surface area contributed by atoms with Gasteiger partial charge in [0.15, 0.2) is 0 Å². The van der Waals surface area contributed by atoms with E-state index in [1.807, 2.05) is 0 Å². The minimum absolute atomic E-state index is 0.124. The summed E-state index contributed by atoms with van der Waals surface area (Å²) in [5.74, 6) is -0.774. The molecule has 1 heterocycles. The Morgan fingerprint density at radius 3 is 2.84 bits per heavy atom. The van der Waals surface area contributed by atoms with Crippen molar-refractivity contribution in [2.75, 3.05) is 11.4 Å². The van der Waals surface area contributed by atoms with E-state index in [2.05, 4.69) is 9.97 Å². The smallest absolute Gasteiger partial charge is 0.278 e. The molecule has 0 aliphatic heterocycles. The third kappa shape index (κ3) is 3.06. The molecular weight excluding hydrogens is 269 g/mol. The Kier molecular flexibility index (Phi) is 4.06. The number of nitrogens with zero attached hydrogens (tertiary/aromatic N) is 3. The molecule has 0 radical (unpaired) electrons. The summed E-state index contributed by atoms with van der Waals surface area (Å²) >= 11 is 5.70. The maximum absolute atomic E-state index is 13.2. The van der Waals surface area contributed by atoms with Crippen molar-refractivity contribution >= 4 is 23.2 Å². The lowest BCUT2D eigenvalue weighted by atomic mass is 10.2. The minimum Gasteiger partial charge on any atom is -0.307 e. The maximum Gasteiger partial charge on any atom is 0.278 e. The fraction of sp³-hybridized carbons (Fsp3) is 0.154. The van der Waals surface area contributed by atoms with E-state index in [0.717, 1.165) is 0 Å². The maximum atomic E-state index is 13.2. The molecule has 0 bridgehead atoms. The van der Waals surface area contributed by atoms with Crippen LogP contribution in [-0.4, -0.2) is 22.4 Å². The first kappa shape index (κ1) is 13.4. The lowest BCUT2D eigenvalue weighted by Crippen LogP contribution is -2.31. The topological polar surface area (TPSA) is 46.1 Å². The molecule has 0 spiro atoms. The van der Waals surface area contributed by atoms with Gasteiger partial charge in [-0.2, -0.15) is 0 Å².